The molecule has 1 nitrogen and oxygen atoms in total. The first kappa shape index (κ1) is 11.0. The number of benzene rings is 1. The molecular formula is C12H16FNS. The van der Waals surface area contributed by atoms with Gasteiger partial charge in [0, 0.05) is 10.6 Å². The van der Waals surface area contributed by atoms with E-state index in [2.05, 4.69) is 5.32 Å². The summed E-state index contributed by atoms with van der Waals surface area (Å²) in [5, 5.41) is 3.19. The van der Waals surface area contributed by atoms with E-state index in [1.165, 1.54) is 0 Å². The van der Waals surface area contributed by atoms with Crippen LogP contribution in [0.5, 0.6) is 0 Å². The van der Waals surface area contributed by atoms with Crippen LogP contribution in [0.25, 0.3) is 0 Å². The second-order valence-electron chi connectivity index (χ2n) is 4.00. The Morgan fingerprint density at radius 1 is 1.20 bits per heavy atom. The van der Waals surface area contributed by atoms with E-state index in [1.54, 1.807) is 11.8 Å². The molecule has 0 amide bonds. The van der Waals surface area contributed by atoms with E-state index in [-0.39, 0.29) is 0 Å². The van der Waals surface area contributed by atoms with Crippen molar-refractivity contribution in [2.45, 2.75) is 23.4 Å². The van der Waals surface area contributed by atoms with Gasteiger partial charge in [0.15, 0.2) is 0 Å². The summed E-state index contributed by atoms with van der Waals surface area (Å²) < 4.78 is 14.2. The van der Waals surface area contributed by atoms with Crippen LogP contribution < -0.4 is 5.32 Å². The monoisotopic (exact) mass is 225 g/mol. The fraction of sp³-hybridized carbons (Fsp3) is 0.500. The molecule has 1 saturated heterocycles. The van der Waals surface area contributed by atoms with Crippen molar-refractivity contribution in [3.63, 3.8) is 0 Å². The minimum absolute atomic E-state index is 0.582. The lowest BCUT2D eigenvalue weighted by Crippen LogP contribution is -2.40. The predicted octanol–water partition coefficient (Wildman–Crippen LogP) is 2.87. The highest BCUT2D eigenvalue weighted by molar-refractivity contribution is 7.99. The maximum Gasteiger partial charge on any atom is 0.122 e. The number of piperidine rings is 1. The van der Waals surface area contributed by atoms with Crippen LogP contribution in [0.15, 0.2) is 35.2 Å². The summed E-state index contributed by atoms with van der Waals surface area (Å²) in [6, 6.07) is 10.1. The van der Waals surface area contributed by atoms with Crippen molar-refractivity contribution in [1.29, 1.82) is 0 Å². The van der Waals surface area contributed by atoms with Gasteiger partial charge < -0.3 is 5.32 Å². The molecule has 0 bridgehead atoms. The van der Waals surface area contributed by atoms with Crippen molar-refractivity contribution in [1.82, 2.24) is 5.32 Å². The smallest absolute Gasteiger partial charge is 0.122 e. The van der Waals surface area contributed by atoms with Crippen LogP contribution in [-0.2, 0) is 0 Å². The van der Waals surface area contributed by atoms with Gasteiger partial charge in [0.2, 0.25) is 0 Å². The number of halogens is 1. The van der Waals surface area contributed by atoms with Gasteiger partial charge in [0.1, 0.15) is 5.67 Å². The lowest BCUT2D eigenvalue weighted by molar-refractivity contribution is 0.144. The molecule has 0 unspecified atom stereocenters. The van der Waals surface area contributed by atoms with Gasteiger partial charge in [-0.3, -0.25) is 0 Å². The number of hydrogen-bond acceptors (Lipinski definition) is 2. The lowest BCUT2D eigenvalue weighted by Gasteiger charge is -2.29. The third-order valence-corrected chi connectivity index (χ3v) is 4.01. The molecule has 1 heterocycles. The maximum atomic E-state index is 14.2. The Morgan fingerprint density at radius 2 is 1.87 bits per heavy atom. The van der Waals surface area contributed by atoms with E-state index in [0.29, 0.717) is 18.6 Å². The van der Waals surface area contributed by atoms with E-state index in [0.717, 1.165) is 18.0 Å². The van der Waals surface area contributed by atoms with Crippen molar-refractivity contribution in [2.75, 3.05) is 18.8 Å². The highest BCUT2D eigenvalue weighted by atomic mass is 32.2. The molecule has 15 heavy (non-hydrogen) atoms. The van der Waals surface area contributed by atoms with Gasteiger partial charge in [0.05, 0.1) is 0 Å². The third-order valence-electron chi connectivity index (χ3n) is 2.74. The summed E-state index contributed by atoms with van der Waals surface area (Å²) in [5.74, 6) is 0.582. The molecule has 1 fully saturated rings. The molecule has 1 N–H and O–H groups in total. The van der Waals surface area contributed by atoms with Gasteiger partial charge in [-0.15, -0.1) is 11.8 Å². The van der Waals surface area contributed by atoms with E-state index < -0.39 is 5.67 Å². The number of hydrogen-bond donors (Lipinski definition) is 1. The molecule has 1 aromatic carbocycles. The second kappa shape index (κ2) is 4.99. The molecule has 0 radical (unpaired) electrons. The molecule has 1 aliphatic heterocycles. The number of rotatable bonds is 3. The minimum Gasteiger partial charge on any atom is -0.316 e. The lowest BCUT2D eigenvalue weighted by atomic mass is 9.97. The zero-order chi connectivity index (χ0) is 10.6. The largest absolute Gasteiger partial charge is 0.316 e. The Balaban J connectivity index is 1.87. The molecule has 0 aliphatic carbocycles. The van der Waals surface area contributed by atoms with Gasteiger partial charge >= 0.3 is 0 Å². The van der Waals surface area contributed by atoms with Crippen molar-refractivity contribution in [3.8, 4) is 0 Å². The van der Waals surface area contributed by atoms with Gasteiger partial charge in [0.25, 0.3) is 0 Å². The van der Waals surface area contributed by atoms with Crippen LogP contribution in [0.4, 0.5) is 4.39 Å². The molecule has 0 saturated carbocycles. The highest BCUT2D eigenvalue weighted by Crippen LogP contribution is 2.30. The average Bonchev–Trinajstić information content (AvgIpc) is 2.29. The third kappa shape index (κ3) is 3.21. The van der Waals surface area contributed by atoms with Crippen molar-refractivity contribution in [2.24, 2.45) is 0 Å². The highest BCUT2D eigenvalue weighted by Gasteiger charge is 2.31. The Kier molecular flexibility index (Phi) is 3.65. The van der Waals surface area contributed by atoms with Crippen LogP contribution in [0.2, 0.25) is 0 Å². The van der Waals surface area contributed by atoms with E-state index in [4.69, 9.17) is 0 Å². The first-order valence-corrected chi connectivity index (χ1v) is 6.35. The predicted molar refractivity (Wildman–Crippen MR) is 63.1 cm³/mol. The Bertz CT molecular complexity index is 296. The molecule has 0 atom stereocenters. The van der Waals surface area contributed by atoms with Gasteiger partial charge in [-0.1, -0.05) is 18.2 Å². The summed E-state index contributed by atoms with van der Waals surface area (Å²) in [7, 11) is 0. The first-order valence-electron chi connectivity index (χ1n) is 5.36. The molecule has 1 aliphatic rings. The molecule has 1 aromatic rings. The second-order valence-corrected chi connectivity index (χ2v) is 5.05. The Hall–Kier alpha value is -0.540. The van der Waals surface area contributed by atoms with E-state index >= 15 is 0 Å². The molecule has 2 rings (SSSR count). The van der Waals surface area contributed by atoms with Crippen LogP contribution in [0.3, 0.4) is 0 Å². The zero-order valence-electron chi connectivity index (χ0n) is 8.71. The quantitative estimate of drug-likeness (QED) is 0.794. The molecule has 3 heteroatoms. The van der Waals surface area contributed by atoms with Gasteiger partial charge in [-0.2, -0.15) is 0 Å². The molecular weight excluding hydrogens is 209 g/mol. The summed E-state index contributed by atoms with van der Waals surface area (Å²) >= 11 is 1.62. The topological polar surface area (TPSA) is 12.0 Å². The standard InChI is InChI=1S/C12H16FNS/c13-12(6-8-14-9-7-12)10-15-11-4-2-1-3-5-11/h1-5,14H,6-10H2. The van der Waals surface area contributed by atoms with Crippen LogP contribution in [0, 0.1) is 0 Å². The summed E-state index contributed by atoms with van der Waals surface area (Å²) in [4.78, 5) is 1.16. The van der Waals surface area contributed by atoms with Crippen LogP contribution >= 0.6 is 11.8 Å². The fourth-order valence-electron chi connectivity index (χ4n) is 1.75. The Labute approximate surface area is 94.5 Å². The summed E-state index contributed by atoms with van der Waals surface area (Å²) in [6.45, 7) is 1.62. The summed E-state index contributed by atoms with van der Waals surface area (Å²) in [5.41, 5.74) is -0.967. The SMILES string of the molecule is FC1(CSc2ccccc2)CCNCC1. The van der Waals surface area contributed by atoms with Crippen LogP contribution in [-0.4, -0.2) is 24.5 Å². The van der Waals surface area contributed by atoms with Crippen molar-refractivity contribution in [3.05, 3.63) is 30.3 Å². The van der Waals surface area contributed by atoms with Crippen molar-refractivity contribution < 1.29 is 4.39 Å². The first-order chi connectivity index (χ1) is 7.29. The van der Waals surface area contributed by atoms with Gasteiger partial charge in [-0.05, 0) is 38.1 Å². The number of thioether (sulfide) groups is 1. The Morgan fingerprint density at radius 3 is 2.53 bits per heavy atom. The van der Waals surface area contributed by atoms with E-state index in [9.17, 15) is 4.39 Å². The minimum atomic E-state index is -0.967. The average molecular weight is 225 g/mol. The zero-order valence-corrected chi connectivity index (χ0v) is 9.52. The molecule has 82 valence electrons. The number of nitrogens with one attached hydrogen (secondary N) is 1. The fourth-order valence-corrected chi connectivity index (χ4v) is 2.81. The van der Waals surface area contributed by atoms with Crippen LogP contribution in [0.1, 0.15) is 12.8 Å². The number of alkyl halides is 1. The van der Waals surface area contributed by atoms with E-state index in [1.807, 2.05) is 30.3 Å². The normalized spacial score (nSPS) is 20.1. The van der Waals surface area contributed by atoms with Gasteiger partial charge in [-0.25, -0.2) is 4.39 Å². The maximum absolute atomic E-state index is 14.2. The molecule has 0 spiro atoms. The summed E-state index contributed by atoms with van der Waals surface area (Å²) in [6.07, 6.45) is 1.29. The molecule has 0 aromatic heterocycles. The van der Waals surface area contributed by atoms with Crippen molar-refractivity contribution >= 4 is 11.8 Å².